The normalized spacial score (nSPS) is 26.8. The van der Waals surface area contributed by atoms with Crippen molar-refractivity contribution in [3.8, 4) is 0 Å². The van der Waals surface area contributed by atoms with Gasteiger partial charge in [-0.3, -0.25) is 10.1 Å². The summed E-state index contributed by atoms with van der Waals surface area (Å²) in [5.41, 5.74) is 0. The first-order valence-electron chi connectivity index (χ1n) is 2.42. The topological polar surface area (TPSA) is 38.3 Å². The quantitative estimate of drug-likeness (QED) is 0.472. The highest BCUT2D eigenvalue weighted by molar-refractivity contribution is 5.55. The number of rotatable bonds is 1. The second-order valence-corrected chi connectivity index (χ2v) is 1.47. The van der Waals surface area contributed by atoms with Gasteiger partial charge in [0.1, 0.15) is 0 Å². The molecule has 1 heterocycles. The number of hydrogen-bond donors (Lipinski definition) is 1. The third-order valence-corrected chi connectivity index (χ3v) is 0.882. The van der Waals surface area contributed by atoms with Crippen LogP contribution in [0.2, 0.25) is 0 Å². The van der Waals surface area contributed by atoms with Gasteiger partial charge >= 0.3 is 0 Å². The number of nitrogens with one attached hydrogen (secondary N) is 1. The highest BCUT2D eigenvalue weighted by Gasteiger charge is 2.04. The molecule has 0 radical (unpaired) electrons. The molecule has 0 amide bonds. The third kappa shape index (κ3) is 1.07. The number of carbonyl (C=O) groups excluding carboxylic acids is 1. The number of aldehydes is 1. The van der Waals surface area contributed by atoms with Gasteiger partial charge in [0.05, 0.1) is 6.26 Å². The zero-order valence-electron chi connectivity index (χ0n) is 4.33. The zero-order valence-corrected chi connectivity index (χ0v) is 4.33. The maximum atomic E-state index is 9.94. The summed E-state index contributed by atoms with van der Waals surface area (Å²) in [5, 5.41) is 2.79. The zero-order chi connectivity index (χ0) is 5.82. The summed E-state index contributed by atoms with van der Waals surface area (Å²) < 4.78 is 4.77. The maximum Gasteiger partial charge on any atom is 0.205 e. The maximum absolute atomic E-state index is 9.94. The molecule has 0 fully saturated rings. The average Bonchev–Trinajstić information content (AvgIpc) is 1.90. The second-order valence-electron chi connectivity index (χ2n) is 1.47. The van der Waals surface area contributed by atoms with Gasteiger partial charge in [0, 0.05) is 6.54 Å². The van der Waals surface area contributed by atoms with Crippen molar-refractivity contribution in [2.45, 2.75) is 6.23 Å². The summed E-state index contributed by atoms with van der Waals surface area (Å²) in [6.07, 6.45) is 3.62. The molecular weight excluding hydrogens is 106 g/mol. The average molecular weight is 113 g/mol. The first-order chi connectivity index (χ1) is 3.93. The van der Waals surface area contributed by atoms with E-state index in [0.29, 0.717) is 6.54 Å². The lowest BCUT2D eigenvalue weighted by Crippen LogP contribution is -2.34. The molecule has 1 unspecified atom stereocenters. The fourth-order valence-electron chi connectivity index (χ4n) is 0.501. The fraction of sp³-hybridized carbons (Fsp3) is 0.400. The monoisotopic (exact) mass is 113 g/mol. The van der Waals surface area contributed by atoms with Crippen molar-refractivity contribution in [1.29, 1.82) is 0 Å². The SMILES string of the molecule is O=CC1NCC=CO1. The predicted molar refractivity (Wildman–Crippen MR) is 28.1 cm³/mol. The summed E-state index contributed by atoms with van der Waals surface area (Å²) in [6.45, 7) is 0.712. The van der Waals surface area contributed by atoms with E-state index < -0.39 is 6.23 Å². The largest absolute Gasteiger partial charge is 0.476 e. The Morgan fingerprint density at radius 3 is 3.12 bits per heavy atom. The van der Waals surface area contributed by atoms with Crippen molar-refractivity contribution in [2.24, 2.45) is 0 Å². The van der Waals surface area contributed by atoms with Crippen molar-refractivity contribution < 1.29 is 9.53 Å². The third-order valence-electron chi connectivity index (χ3n) is 0.882. The van der Waals surface area contributed by atoms with Gasteiger partial charge in [-0.2, -0.15) is 0 Å². The van der Waals surface area contributed by atoms with Crippen LogP contribution in [0.3, 0.4) is 0 Å². The molecular formula is C5H7NO2. The molecule has 0 aromatic carbocycles. The molecule has 44 valence electrons. The minimum Gasteiger partial charge on any atom is -0.476 e. The molecule has 0 aromatic heterocycles. The second kappa shape index (κ2) is 2.47. The Morgan fingerprint density at radius 1 is 1.88 bits per heavy atom. The van der Waals surface area contributed by atoms with Crippen LogP contribution >= 0.6 is 0 Å². The molecule has 1 N–H and O–H groups in total. The molecule has 0 aromatic rings. The molecule has 1 rings (SSSR count). The Morgan fingerprint density at radius 2 is 2.75 bits per heavy atom. The minimum absolute atomic E-state index is 0.431. The van der Waals surface area contributed by atoms with E-state index >= 15 is 0 Å². The minimum atomic E-state index is -0.431. The van der Waals surface area contributed by atoms with Crippen LogP contribution in [-0.4, -0.2) is 19.1 Å². The van der Waals surface area contributed by atoms with Crippen LogP contribution in [0, 0.1) is 0 Å². The first kappa shape index (κ1) is 5.31. The van der Waals surface area contributed by atoms with E-state index in [9.17, 15) is 4.79 Å². The molecule has 3 heteroatoms. The predicted octanol–water partition coefficient (Wildman–Crippen LogP) is -0.355. The van der Waals surface area contributed by atoms with Crippen molar-refractivity contribution in [3.05, 3.63) is 12.3 Å². The van der Waals surface area contributed by atoms with E-state index in [2.05, 4.69) is 5.32 Å². The lowest BCUT2D eigenvalue weighted by molar-refractivity contribution is -0.116. The summed E-state index contributed by atoms with van der Waals surface area (Å²) >= 11 is 0. The highest BCUT2D eigenvalue weighted by atomic mass is 16.5. The molecule has 1 aliphatic heterocycles. The molecule has 0 spiro atoms. The smallest absolute Gasteiger partial charge is 0.205 e. The van der Waals surface area contributed by atoms with Crippen LogP contribution in [0.25, 0.3) is 0 Å². The van der Waals surface area contributed by atoms with Crippen LogP contribution in [0.1, 0.15) is 0 Å². The molecule has 1 aliphatic rings. The van der Waals surface area contributed by atoms with Crippen LogP contribution in [0.5, 0.6) is 0 Å². The van der Waals surface area contributed by atoms with Gasteiger partial charge in [-0.15, -0.1) is 0 Å². The summed E-state index contributed by atoms with van der Waals surface area (Å²) in [4.78, 5) is 9.94. The number of carbonyl (C=O) groups is 1. The van der Waals surface area contributed by atoms with Crippen LogP contribution in [0.15, 0.2) is 12.3 Å². The van der Waals surface area contributed by atoms with Gasteiger partial charge < -0.3 is 4.74 Å². The summed E-state index contributed by atoms with van der Waals surface area (Å²) in [5.74, 6) is 0. The van der Waals surface area contributed by atoms with E-state index in [1.165, 1.54) is 6.26 Å². The van der Waals surface area contributed by atoms with Gasteiger partial charge in [-0.25, -0.2) is 0 Å². The summed E-state index contributed by atoms with van der Waals surface area (Å²) in [6, 6.07) is 0. The molecule has 0 saturated heterocycles. The van der Waals surface area contributed by atoms with Crippen molar-refractivity contribution in [3.63, 3.8) is 0 Å². The van der Waals surface area contributed by atoms with Crippen LogP contribution in [0.4, 0.5) is 0 Å². The summed E-state index contributed by atoms with van der Waals surface area (Å²) in [7, 11) is 0. The van der Waals surface area contributed by atoms with E-state index in [-0.39, 0.29) is 0 Å². The molecule has 1 atom stereocenters. The van der Waals surface area contributed by atoms with Crippen LogP contribution in [-0.2, 0) is 9.53 Å². The molecule has 3 nitrogen and oxygen atoms in total. The van der Waals surface area contributed by atoms with E-state index in [0.717, 1.165) is 6.29 Å². The Labute approximate surface area is 47.3 Å². The molecule has 0 aliphatic carbocycles. The Kier molecular flexibility index (Phi) is 1.64. The molecule has 0 saturated carbocycles. The first-order valence-corrected chi connectivity index (χ1v) is 2.42. The Bertz CT molecular complexity index is 111. The highest BCUT2D eigenvalue weighted by Crippen LogP contribution is 1.89. The lowest BCUT2D eigenvalue weighted by Gasteiger charge is -2.13. The van der Waals surface area contributed by atoms with Gasteiger partial charge in [-0.05, 0) is 6.08 Å². The molecule has 8 heavy (non-hydrogen) atoms. The standard InChI is InChI=1S/C5H7NO2/c7-4-5-6-2-1-3-8-5/h1,3-6H,2H2. The molecule has 0 bridgehead atoms. The Balaban J connectivity index is 2.37. The van der Waals surface area contributed by atoms with Crippen LogP contribution < -0.4 is 5.32 Å². The lowest BCUT2D eigenvalue weighted by atomic mass is 10.5. The van der Waals surface area contributed by atoms with E-state index in [1.54, 1.807) is 6.08 Å². The van der Waals surface area contributed by atoms with Gasteiger partial charge in [-0.1, -0.05) is 0 Å². The van der Waals surface area contributed by atoms with Crippen molar-refractivity contribution >= 4 is 6.29 Å². The van der Waals surface area contributed by atoms with E-state index in [4.69, 9.17) is 4.74 Å². The van der Waals surface area contributed by atoms with Gasteiger partial charge in [0.2, 0.25) is 6.23 Å². The van der Waals surface area contributed by atoms with Crippen molar-refractivity contribution in [2.75, 3.05) is 6.54 Å². The van der Waals surface area contributed by atoms with E-state index in [1.807, 2.05) is 0 Å². The fourth-order valence-corrected chi connectivity index (χ4v) is 0.501. The van der Waals surface area contributed by atoms with Crippen molar-refractivity contribution in [1.82, 2.24) is 5.32 Å². The number of ether oxygens (including phenoxy) is 1. The van der Waals surface area contributed by atoms with Gasteiger partial charge in [0.15, 0.2) is 6.29 Å². The number of hydrogen-bond acceptors (Lipinski definition) is 3. The van der Waals surface area contributed by atoms with Gasteiger partial charge in [0.25, 0.3) is 0 Å². The Hall–Kier alpha value is -0.830.